The number of rotatable bonds is 7. The minimum atomic E-state index is 0.161. The molecule has 1 N–H and O–H groups in total. The fourth-order valence-electron chi connectivity index (χ4n) is 2.34. The number of anilines is 1. The summed E-state index contributed by atoms with van der Waals surface area (Å²) in [5.74, 6) is 0. The highest BCUT2D eigenvalue weighted by Crippen LogP contribution is 2.35. The minimum Gasteiger partial charge on any atom is -0.345 e. The summed E-state index contributed by atoms with van der Waals surface area (Å²) < 4.78 is 0. The Morgan fingerprint density at radius 2 is 2.00 bits per heavy atom. The molecular formula is C16H29N3S. The molecule has 1 fully saturated rings. The largest absolute Gasteiger partial charge is 0.345 e. The van der Waals surface area contributed by atoms with E-state index in [0.717, 1.165) is 25.6 Å². The molecule has 0 atom stereocenters. The minimum absolute atomic E-state index is 0.161. The number of hydrogen-bond acceptors (Lipinski definition) is 4. The van der Waals surface area contributed by atoms with Gasteiger partial charge >= 0.3 is 0 Å². The van der Waals surface area contributed by atoms with Gasteiger partial charge in [0.1, 0.15) is 0 Å². The number of aromatic nitrogens is 1. The maximum atomic E-state index is 4.94. The van der Waals surface area contributed by atoms with Crippen LogP contribution in [0, 0.1) is 0 Å². The van der Waals surface area contributed by atoms with Crippen LogP contribution in [0.4, 0.5) is 5.13 Å². The standard InChI is InChI=1S/C16H29N3S/c1-6-8-13-14(11-17-16(3,4)5)20-15(18-13)19(7-2)12-9-10-12/h12,17H,6-11H2,1-5H3. The Morgan fingerprint density at radius 1 is 1.30 bits per heavy atom. The lowest BCUT2D eigenvalue weighted by atomic mass is 10.1. The summed E-state index contributed by atoms with van der Waals surface area (Å²) in [5.41, 5.74) is 1.47. The Bertz CT molecular complexity index is 429. The molecule has 0 aromatic carbocycles. The summed E-state index contributed by atoms with van der Waals surface area (Å²) in [7, 11) is 0. The zero-order chi connectivity index (χ0) is 14.8. The molecule has 20 heavy (non-hydrogen) atoms. The van der Waals surface area contributed by atoms with Crippen LogP contribution < -0.4 is 10.2 Å². The summed E-state index contributed by atoms with van der Waals surface area (Å²) in [5, 5.41) is 4.84. The second-order valence-corrected chi connectivity index (χ2v) is 7.80. The van der Waals surface area contributed by atoms with Gasteiger partial charge in [-0.15, -0.1) is 11.3 Å². The molecule has 114 valence electrons. The van der Waals surface area contributed by atoms with Gasteiger partial charge < -0.3 is 10.2 Å². The smallest absolute Gasteiger partial charge is 0.186 e. The first-order chi connectivity index (χ1) is 9.44. The highest BCUT2D eigenvalue weighted by Gasteiger charge is 2.30. The van der Waals surface area contributed by atoms with Crippen LogP contribution in [0.1, 0.15) is 64.5 Å². The first kappa shape index (κ1) is 15.8. The van der Waals surface area contributed by atoms with Crippen molar-refractivity contribution >= 4 is 16.5 Å². The molecule has 1 aromatic heterocycles. The first-order valence-corrected chi connectivity index (χ1v) is 8.76. The molecular weight excluding hydrogens is 266 g/mol. The molecule has 1 aromatic rings. The van der Waals surface area contributed by atoms with E-state index in [9.17, 15) is 0 Å². The Hall–Kier alpha value is -0.610. The van der Waals surface area contributed by atoms with Gasteiger partial charge in [0, 0.05) is 29.5 Å². The van der Waals surface area contributed by atoms with Crippen molar-refractivity contribution in [1.82, 2.24) is 10.3 Å². The summed E-state index contributed by atoms with van der Waals surface area (Å²) >= 11 is 1.89. The second kappa shape index (κ2) is 6.44. The average molecular weight is 295 g/mol. The molecule has 3 nitrogen and oxygen atoms in total. The highest BCUT2D eigenvalue weighted by atomic mass is 32.1. The summed E-state index contributed by atoms with van der Waals surface area (Å²) in [6.07, 6.45) is 4.94. The van der Waals surface area contributed by atoms with E-state index in [-0.39, 0.29) is 5.54 Å². The van der Waals surface area contributed by atoms with Gasteiger partial charge in [-0.25, -0.2) is 4.98 Å². The molecule has 0 spiro atoms. The van der Waals surface area contributed by atoms with Gasteiger partial charge in [-0.05, 0) is 47.0 Å². The van der Waals surface area contributed by atoms with Gasteiger partial charge in [0.15, 0.2) is 5.13 Å². The fourth-order valence-corrected chi connectivity index (χ4v) is 3.53. The van der Waals surface area contributed by atoms with Crippen molar-refractivity contribution < 1.29 is 0 Å². The topological polar surface area (TPSA) is 28.2 Å². The summed E-state index contributed by atoms with van der Waals surface area (Å²) in [6.45, 7) is 13.2. The van der Waals surface area contributed by atoms with E-state index in [4.69, 9.17) is 4.98 Å². The van der Waals surface area contributed by atoms with Gasteiger partial charge in [-0.2, -0.15) is 0 Å². The quantitative estimate of drug-likeness (QED) is 0.825. The van der Waals surface area contributed by atoms with Gasteiger partial charge in [0.05, 0.1) is 5.69 Å². The van der Waals surface area contributed by atoms with Gasteiger partial charge in [-0.3, -0.25) is 0 Å². The third kappa shape index (κ3) is 4.19. The van der Waals surface area contributed by atoms with Gasteiger partial charge in [0.2, 0.25) is 0 Å². The van der Waals surface area contributed by atoms with Crippen LogP contribution in [0.15, 0.2) is 0 Å². The van der Waals surface area contributed by atoms with E-state index < -0.39 is 0 Å². The highest BCUT2D eigenvalue weighted by molar-refractivity contribution is 7.15. The Balaban J connectivity index is 2.14. The number of nitrogens with zero attached hydrogens (tertiary/aromatic N) is 2. The Kier molecular flexibility index (Phi) is 5.08. The average Bonchev–Trinajstić information content (AvgIpc) is 3.10. The predicted molar refractivity (Wildman–Crippen MR) is 88.7 cm³/mol. The van der Waals surface area contributed by atoms with E-state index in [1.165, 1.54) is 35.0 Å². The van der Waals surface area contributed by atoms with Crippen LogP contribution in [0.3, 0.4) is 0 Å². The zero-order valence-electron chi connectivity index (χ0n) is 13.6. The van der Waals surface area contributed by atoms with Crippen LogP contribution in [0.5, 0.6) is 0 Å². The Morgan fingerprint density at radius 3 is 2.50 bits per heavy atom. The molecule has 2 rings (SSSR count). The van der Waals surface area contributed by atoms with Crippen molar-refractivity contribution in [3.8, 4) is 0 Å². The Labute approximate surface area is 127 Å². The molecule has 0 bridgehead atoms. The van der Waals surface area contributed by atoms with Crippen molar-refractivity contribution in [2.45, 2.75) is 78.4 Å². The van der Waals surface area contributed by atoms with Crippen molar-refractivity contribution in [2.75, 3.05) is 11.4 Å². The number of thiazole rings is 1. The molecule has 1 aliphatic carbocycles. The fraction of sp³-hybridized carbons (Fsp3) is 0.812. The maximum Gasteiger partial charge on any atom is 0.186 e. The molecule has 1 saturated carbocycles. The van der Waals surface area contributed by atoms with Crippen molar-refractivity contribution in [1.29, 1.82) is 0 Å². The first-order valence-electron chi connectivity index (χ1n) is 7.94. The third-order valence-electron chi connectivity index (χ3n) is 3.61. The lowest BCUT2D eigenvalue weighted by Gasteiger charge is -2.20. The van der Waals surface area contributed by atoms with Gasteiger partial charge in [-0.1, -0.05) is 13.3 Å². The van der Waals surface area contributed by atoms with Crippen LogP contribution in [0.2, 0.25) is 0 Å². The monoisotopic (exact) mass is 295 g/mol. The van der Waals surface area contributed by atoms with E-state index in [1.807, 2.05) is 11.3 Å². The zero-order valence-corrected chi connectivity index (χ0v) is 14.4. The van der Waals surface area contributed by atoms with Crippen molar-refractivity contribution in [3.63, 3.8) is 0 Å². The summed E-state index contributed by atoms with van der Waals surface area (Å²) in [4.78, 5) is 8.85. The van der Waals surface area contributed by atoms with E-state index in [2.05, 4.69) is 44.8 Å². The maximum absolute atomic E-state index is 4.94. The van der Waals surface area contributed by atoms with Crippen LogP contribution >= 0.6 is 11.3 Å². The number of aryl methyl sites for hydroxylation is 1. The lowest BCUT2D eigenvalue weighted by Crippen LogP contribution is -2.35. The molecule has 0 unspecified atom stereocenters. The number of nitrogens with one attached hydrogen (secondary N) is 1. The van der Waals surface area contributed by atoms with E-state index >= 15 is 0 Å². The normalized spacial score (nSPS) is 15.7. The number of hydrogen-bond donors (Lipinski definition) is 1. The molecule has 0 radical (unpaired) electrons. The lowest BCUT2D eigenvalue weighted by molar-refractivity contribution is 0.425. The molecule has 1 aliphatic rings. The molecule has 0 aliphatic heterocycles. The van der Waals surface area contributed by atoms with Crippen LogP contribution in [-0.2, 0) is 13.0 Å². The third-order valence-corrected chi connectivity index (χ3v) is 4.74. The summed E-state index contributed by atoms with van der Waals surface area (Å²) in [6, 6.07) is 0.754. The SMILES string of the molecule is CCCc1nc(N(CC)C2CC2)sc1CNC(C)(C)C. The van der Waals surface area contributed by atoms with Crippen molar-refractivity contribution in [2.24, 2.45) is 0 Å². The second-order valence-electron chi connectivity index (χ2n) is 6.74. The molecule has 0 saturated heterocycles. The van der Waals surface area contributed by atoms with Crippen LogP contribution in [-0.4, -0.2) is 23.1 Å². The predicted octanol–water partition coefficient (Wildman–Crippen LogP) is 3.97. The molecule has 0 amide bonds. The van der Waals surface area contributed by atoms with Gasteiger partial charge in [0.25, 0.3) is 0 Å². The van der Waals surface area contributed by atoms with Crippen LogP contribution in [0.25, 0.3) is 0 Å². The van der Waals surface area contributed by atoms with E-state index in [1.54, 1.807) is 0 Å². The van der Waals surface area contributed by atoms with Crippen molar-refractivity contribution in [3.05, 3.63) is 10.6 Å². The van der Waals surface area contributed by atoms with E-state index in [0.29, 0.717) is 0 Å². The molecule has 4 heteroatoms. The molecule has 1 heterocycles.